The molecule has 0 saturated carbocycles. The van der Waals surface area contributed by atoms with Gasteiger partial charge in [0.1, 0.15) is 22.9 Å². The fourth-order valence-electron chi connectivity index (χ4n) is 6.30. The van der Waals surface area contributed by atoms with Crippen LogP contribution in [-0.2, 0) is 37.9 Å². The number of carbonyl (C=O) groups excluding carboxylic acids is 6. The highest BCUT2D eigenvalue weighted by molar-refractivity contribution is 6.33. The van der Waals surface area contributed by atoms with Crippen molar-refractivity contribution in [2.45, 2.75) is 44.7 Å². The molecule has 0 radical (unpaired) electrons. The molecular formula is C47H43Cl5N8O8. The van der Waals surface area contributed by atoms with E-state index in [0.29, 0.717) is 53.0 Å². The number of benzene rings is 5. The Balaban J connectivity index is 1.26. The van der Waals surface area contributed by atoms with Crippen molar-refractivity contribution in [2.75, 3.05) is 47.2 Å². The van der Waals surface area contributed by atoms with Gasteiger partial charge in [-0.2, -0.15) is 20.5 Å². The van der Waals surface area contributed by atoms with Gasteiger partial charge < -0.3 is 30.7 Å². The highest BCUT2D eigenvalue weighted by Gasteiger charge is 2.26. The molecule has 0 fully saturated rings. The number of alkyl halides is 3. The highest BCUT2D eigenvalue weighted by atomic mass is 35.5. The molecule has 0 saturated heterocycles. The molecule has 0 aliphatic carbocycles. The number of Topliss-reactive ketones (excluding diaryl/α,β-unsaturated/α-hetero) is 2. The summed E-state index contributed by atoms with van der Waals surface area (Å²) in [6.45, 7) is 2.30. The maximum Gasteiger partial charge on any atom is 0.258 e. The van der Waals surface area contributed by atoms with Gasteiger partial charge in [0.25, 0.3) is 23.6 Å². The largest absolute Gasteiger partial charge is 0.497 e. The minimum absolute atomic E-state index is 0.0148. The lowest BCUT2D eigenvalue weighted by molar-refractivity contribution is -0.127. The number of carbonyl (C=O) groups is 6. The number of hydrogen-bond donors (Lipinski definition) is 4. The van der Waals surface area contributed by atoms with Crippen molar-refractivity contribution < 1.29 is 38.2 Å². The fraction of sp³-hybridized carbons (Fsp3) is 0.234. The van der Waals surface area contributed by atoms with Gasteiger partial charge in [-0.3, -0.25) is 28.8 Å². The maximum absolute atomic E-state index is 13.5. The van der Waals surface area contributed by atoms with Crippen LogP contribution in [0.25, 0.3) is 0 Å². The lowest BCUT2D eigenvalue weighted by Crippen LogP contribution is -2.32. The number of ketones is 2. The van der Waals surface area contributed by atoms with Gasteiger partial charge in [-0.1, -0.05) is 23.2 Å². The van der Waals surface area contributed by atoms with E-state index in [4.69, 9.17) is 67.5 Å². The molecule has 68 heavy (non-hydrogen) atoms. The van der Waals surface area contributed by atoms with Crippen LogP contribution in [0.15, 0.2) is 111 Å². The molecular weight excluding hydrogens is 982 g/mol. The Hall–Kier alpha value is -6.43. The fourth-order valence-corrected chi connectivity index (χ4v) is 7.24. The first kappa shape index (κ1) is 52.5. The third kappa shape index (κ3) is 14.1. The van der Waals surface area contributed by atoms with Gasteiger partial charge >= 0.3 is 0 Å². The number of rotatable bonds is 21. The van der Waals surface area contributed by atoms with E-state index in [1.807, 2.05) is 0 Å². The molecule has 5 aromatic rings. The van der Waals surface area contributed by atoms with Crippen LogP contribution in [0, 0.1) is 0 Å². The summed E-state index contributed by atoms with van der Waals surface area (Å²) < 4.78 is 10.6. The number of aryl methyl sites for hydroxylation is 2. The van der Waals surface area contributed by atoms with Crippen molar-refractivity contribution in [3.63, 3.8) is 0 Å². The zero-order valence-corrected chi connectivity index (χ0v) is 40.6. The summed E-state index contributed by atoms with van der Waals surface area (Å²) in [6.07, 6.45) is 0.935. The van der Waals surface area contributed by atoms with Crippen LogP contribution < -0.4 is 30.7 Å². The smallest absolute Gasteiger partial charge is 0.258 e. The zero-order chi connectivity index (χ0) is 49.5. The third-order valence-electron chi connectivity index (χ3n) is 9.87. The monoisotopic (exact) mass is 1020 g/mol. The molecule has 0 spiro atoms. The van der Waals surface area contributed by atoms with E-state index in [9.17, 15) is 28.8 Å². The van der Waals surface area contributed by atoms with Crippen LogP contribution in [-0.4, -0.2) is 73.3 Å². The predicted octanol–water partition coefficient (Wildman–Crippen LogP) is 11.2. The molecule has 2 atom stereocenters. The maximum atomic E-state index is 13.5. The Kier molecular flexibility index (Phi) is 19.4. The van der Waals surface area contributed by atoms with Crippen molar-refractivity contribution in [3.05, 3.63) is 129 Å². The van der Waals surface area contributed by atoms with Crippen molar-refractivity contribution in [1.82, 2.24) is 0 Å². The number of ether oxygens (including phenoxy) is 2. The summed E-state index contributed by atoms with van der Waals surface area (Å²) in [5, 5.41) is 27.1. The average Bonchev–Trinajstić information content (AvgIpc) is 3.31. The summed E-state index contributed by atoms with van der Waals surface area (Å²) in [6, 6.07) is 19.9. The van der Waals surface area contributed by atoms with Gasteiger partial charge in [-0.05, 0) is 134 Å². The molecule has 21 heteroatoms. The number of halogens is 5. The van der Waals surface area contributed by atoms with Crippen molar-refractivity contribution >= 4 is 127 Å². The second-order valence-electron chi connectivity index (χ2n) is 14.6. The number of nitrogens with one attached hydrogen (secondary N) is 4. The molecule has 0 bridgehead atoms. The van der Waals surface area contributed by atoms with E-state index in [1.165, 1.54) is 68.8 Å². The first-order valence-electron chi connectivity index (χ1n) is 20.4. The predicted molar refractivity (Wildman–Crippen MR) is 265 cm³/mol. The van der Waals surface area contributed by atoms with Crippen LogP contribution in [0.1, 0.15) is 51.3 Å². The zero-order valence-electron chi connectivity index (χ0n) is 36.8. The Labute approximate surface area is 416 Å². The molecule has 16 nitrogen and oxygen atoms in total. The van der Waals surface area contributed by atoms with Crippen LogP contribution in [0.3, 0.4) is 0 Å². The minimum atomic E-state index is -1.64. The van der Waals surface area contributed by atoms with E-state index in [2.05, 4.69) is 41.7 Å². The van der Waals surface area contributed by atoms with Crippen LogP contribution >= 0.6 is 58.0 Å². The number of hydrogen-bond acceptors (Lipinski definition) is 12. The Morgan fingerprint density at radius 1 is 0.529 bits per heavy atom. The van der Waals surface area contributed by atoms with Gasteiger partial charge in [0.15, 0.2) is 11.6 Å². The molecule has 0 aliphatic rings. The van der Waals surface area contributed by atoms with Gasteiger partial charge in [0, 0.05) is 51.5 Å². The lowest BCUT2D eigenvalue weighted by atomic mass is 10.1. The molecule has 0 aliphatic heterocycles. The number of methoxy groups -OCH3 is 2. The number of amides is 4. The highest BCUT2D eigenvalue weighted by Crippen LogP contribution is 2.31. The summed E-state index contributed by atoms with van der Waals surface area (Å²) in [5.74, 6) is -2.37. The number of nitrogens with zero attached hydrogens (tertiary/aromatic N) is 4. The molecule has 4 N–H and O–H groups in total. The van der Waals surface area contributed by atoms with Gasteiger partial charge in [0.2, 0.25) is 12.1 Å². The second-order valence-corrected chi connectivity index (χ2v) is 16.4. The third-order valence-corrected chi connectivity index (χ3v) is 11.2. The van der Waals surface area contributed by atoms with E-state index < -0.39 is 47.3 Å². The first-order valence-corrected chi connectivity index (χ1v) is 22.8. The Morgan fingerprint density at radius 2 is 0.956 bits per heavy atom. The standard InChI is InChI=1S/C47H43Cl5N8O8/c1-25(61)42(59-57-40-22-29(5-10-35(40)51)44(63)54-37-13-8-33(67-3)20-27(37)15-17-48)46(65)53-32-7-12-39(31(19-32)24-50)56-47(66)43(26(2)62)60-58-41-23-30(6-11-36(41)52)45(64)55-38-14-9-34(68-4)21-28(38)16-18-49/h5-14,19-23,42-43H,15-18,24H2,1-4H3,(H,53,65)(H,54,63)(H,55,64)(H,56,66). The summed E-state index contributed by atoms with van der Waals surface area (Å²) in [4.78, 5) is 78.7. The molecule has 5 rings (SSSR count). The second kappa shape index (κ2) is 25.1. The van der Waals surface area contributed by atoms with Crippen molar-refractivity contribution in [1.29, 1.82) is 0 Å². The van der Waals surface area contributed by atoms with Gasteiger partial charge in [-0.15, -0.1) is 34.8 Å². The average molecular weight is 1030 g/mol. The summed E-state index contributed by atoms with van der Waals surface area (Å²) in [7, 11) is 3.06. The molecule has 0 heterocycles. The SMILES string of the molecule is COc1ccc(NC(=O)c2ccc(Cl)c(N=NC(C(C)=O)C(=O)Nc3ccc(NC(=O)C(N=Nc4cc(C(=O)Nc5ccc(OC)cc5CCCl)ccc4Cl)C(C)=O)c(CCl)c3)c2)c(CCCl)c1. The Bertz CT molecular complexity index is 2790. The quantitative estimate of drug-likeness (QED) is 0.0314. The molecule has 354 valence electrons. The van der Waals surface area contributed by atoms with Gasteiger partial charge in [0.05, 0.1) is 24.3 Å². The van der Waals surface area contributed by atoms with E-state index in [1.54, 1.807) is 36.4 Å². The van der Waals surface area contributed by atoms with Crippen molar-refractivity contribution in [2.24, 2.45) is 20.5 Å². The normalized spacial score (nSPS) is 12.0. The van der Waals surface area contributed by atoms with E-state index >= 15 is 0 Å². The molecule has 2 unspecified atom stereocenters. The van der Waals surface area contributed by atoms with Crippen LogP contribution in [0.4, 0.5) is 34.1 Å². The summed E-state index contributed by atoms with van der Waals surface area (Å²) in [5.41, 5.74) is 3.59. The lowest BCUT2D eigenvalue weighted by Gasteiger charge is -2.15. The Morgan fingerprint density at radius 3 is 1.37 bits per heavy atom. The summed E-state index contributed by atoms with van der Waals surface area (Å²) >= 11 is 30.9. The topological polar surface area (TPSA) is 218 Å². The number of azo groups is 2. The van der Waals surface area contributed by atoms with Crippen molar-refractivity contribution in [3.8, 4) is 11.5 Å². The first-order chi connectivity index (χ1) is 32.6. The molecule has 5 aromatic carbocycles. The molecule has 0 aromatic heterocycles. The molecule has 4 amide bonds. The van der Waals surface area contributed by atoms with Crippen LogP contribution in [0.2, 0.25) is 10.0 Å². The van der Waals surface area contributed by atoms with E-state index in [-0.39, 0.29) is 49.8 Å². The van der Waals surface area contributed by atoms with Crippen LogP contribution in [0.5, 0.6) is 11.5 Å². The van der Waals surface area contributed by atoms with E-state index in [0.717, 1.165) is 25.0 Å². The number of anilines is 4. The van der Waals surface area contributed by atoms with Gasteiger partial charge in [-0.25, -0.2) is 0 Å². The minimum Gasteiger partial charge on any atom is -0.497 e.